The normalized spacial score (nSPS) is 13.5. The fourth-order valence-electron chi connectivity index (χ4n) is 3.28. The quantitative estimate of drug-likeness (QED) is 0.666. The maximum absolute atomic E-state index is 12.9. The van der Waals surface area contributed by atoms with Crippen molar-refractivity contribution in [3.8, 4) is 5.75 Å². The van der Waals surface area contributed by atoms with Gasteiger partial charge in [-0.05, 0) is 17.7 Å². The molecule has 1 aromatic heterocycles. The summed E-state index contributed by atoms with van der Waals surface area (Å²) in [6.07, 6.45) is 1.10. The van der Waals surface area contributed by atoms with Crippen molar-refractivity contribution in [2.24, 2.45) is 0 Å². The lowest BCUT2D eigenvalue weighted by Gasteiger charge is -2.26. The number of hydrogen-bond donors (Lipinski definition) is 0. The van der Waals surface area contributed by atoms with Gasteiger partial charge in [0.25, 0.3) is 5.91 Å². The van der Waals surface area contributed by atoms with Crippen LogP contribution in [0.2, 0.25) is 0 Å². The largest absolute Gasteiger partial charge is 0.445 e. The Morgan fingerprint density at radius 3 is 2.68 bits per heavy atom. The highest BCUT2D eigenvalue weighted by Crippen LogP contribution is 2.26. The number of alkyl halides is 2. The van der Waals surface area contributed by atoms with Crippen molar-refractivity contribution in [1.29, 1.82) is 0 Å². The zero-order valence-corrected chi connectivity index (χ0v) is 15.0. The number of fused-ring (bicyclic) bond motifs is 1. The third-order valence-corrected chi connectivity index (χ3v) is 4.59. The van der Waals surface area contributed by atoms with Crippen molar-refractivity contribution in [1.82, 2.24) is 9.88 Å². The predicted molar refractivity (Wildman–Crippen MR) is 97.3 cm³/mol. The number of para-hydroxylation sites is 1. The van der Waals surface area contributed by atoms with E-state index in [-0.39, 0.29) is 23.8 Å². The fraction of sp³-hybridized carbons (Fsp3) is 0.238. The zero-order valence-electron chi connectivity index (χ0n) is 15.0. The molecule has 1 aliphatic heterocycles. The Kier molecular flexibility index (Phi) is 5.06. The van der Waals surface area contributed by atoms with Crippen LogP contribution in [0, 0.1) is 0 Å². The average Bonchev–Trinajstić information content (AvgIpc) is 3.09. The summed E-state index contributed by atoms with van der Waals surface area (Å²) in [6, 6.07) is 15.9. The molecule has 5 nitrogen and oxygen atoms in total. The van der Waals surface area contributed by atoms with E-state index < -0.39 is 6.61 Å². The number of halogens is 2. The van der Waals surface area contributed by atoms with E-state index in [0.29, 0.717) is 31.0 Å². The third kappa shape index (κ3) is 3.88. The van der Waals surface area contributed by atoms with Crippen LogP contribution in [-0.2, 0) is 19.4 Å². The highest BCUT2D eigenvalue weighted by molar-refractivity contribution is 5.97. The van der Waals surface area contributed by atoms with Gasteiger partial charge < -0.3 is 14.1 Å². The molecule has 3 aromatic rings. The SMILES string of the molecule is O=C(c1ccccc1OC(F)F)N1CCc2oc(Cc3ccccc3)nc2C1. The summed E-state index contributed by atoms with van der Waals surface area (Å²) in [5.74, 6) is 0.881. The summed E-state index contributed by atoms with van der Waals surface area (Å²) in [7, 11) is 0. The van der Waals surface area contributed by atoms with Gasteiger partial charge in [0.15, 0.2) is 5.89 Å². The van der Waals surface area contributed by atoms with Crippen LogP contribution in [0.3, 0.4) is 0 Å². The minimum absolute atomic E-state index is 0.110. The van der Waals surface area contributed by atoms with Gasteiger partial charge in [0.2, 0.25) is 0 Å². The molecule has 0 bridgehead atoms. The first-order valence-electron chi connectivity index (χ1n) is 8.94. The molecule has 28 heavy (non-hydrogen) atoms. The van der Waals surface area contributed by atoms with Crippen LogP contribution in [0.4, 0.5) is 8.78 Å². The second kappa shape index (κ2) is 7.80. The highest BCUT2D eigenvalue weighted by Gasteiger charge is 2.28. The number of ether oxygens (including phenoxy) is 1. The van der Waals surface area contributed by atoms with E-state index in [1.165, 1.54) is 12.1 Å². The van der Waals surface area contributed by atoms with Gasteiger partial charge in [0, 0.05) is 19.4 Å². The molecular formula is C21H18F2N2O3. The van der Waals surface area contributed by atoms with Crippen molar-refractivity contribution in [3.63, 3.8) is 0 Å². The molecule has 0 atom stereocenters. The van der Waals surface area contributed by atoms with Gasteiger partial charge in [0.05, 0.1) is 12.1 Å². The van der Waals surface area contributed by atoms with E-state index in [2.05, 4.69) is 9.72 Å². The number of carbonyl (C=O) groups is 1. The second-order valence-corrected chi connectivity index (χ2v) is 6.49. The van der Waals surface area contributed by atoms with E-state index in [1.54, 1.807) is 17.0 Å². The van der Waals surface area contributed by atoms with Crippen LogP contribution in [0.25, 0.3) is 0 Å². The number of aromatic nitrogens is 1. The van der Waals surface area contributed by atoms with Crippen LogP contribution in [0.15, 0.2) is 59.0 Å². The standard InChI is InChI=1S/C21H18F2N2O3/c22-21(23)28-17-9-5-4-8-15(17)20(26)25-11-10-18-16(13-25)24-19(27-18)12-14-6-2-1-3-7-14/h1-9,21H,10-13H2. The summed E-state index contributed by atoms with van der Waals surface area (Å²) in [6.45, 7) is -2.29. The summed E-state index contributed by atoms with van der Waals surface area (Å²) < 4.78 is 35.6. The Morgan fingerprint density at radius 2 is 1.89 bits per heavy atom. The van der Waals surface area contributed by atoms with E-state index in [4.69, 9.17) is 4.42 Å². The van der Waals surface area contributed by atoms with Gasteiger partial charge in [-0.3, -0.25) is 4.79 Å². The predicted octanol–water partition coefficient (Wildman–Crippen LogP) is 4.07. The Hall–Kier alpha value is -3.22. The van der Waals surface area contributed by atoms with Gasteiger partial charge in [-0.1, -0.05) is 42.5 Å². The van der Waals surface area contributed by atoms with Gasteiger partial charge >= 0.3 is 6.61 Å². The maximum atomic E-state index is 12.9. The van der Waals surface area contributed by atoms with Crippen LogP contribution in [0.1, 0.15) is 33.3 Å². The number of carbonyl (C=O) groups excluding carboxylic acids is 1. The van der Waals surface area contributed by atoms with Crippen LogP contribution < -0.4 is 4.74 Å². The maximum Gasteiger partial charge on any atom is 0.387 e. The number of benzene rings is 2. The summed E-state index contributed by atoms with van der Waals surface area (Å²) in [5.41, 5.74) is 1.91. The molecule has 0 spiro atoms. The molecule has 4 rings (SSSR count). The monoisotopic (exact) mass is 384 g/mol. The Labute approximate surface area is 160 Å². The molecule has 0 aliphatic carbocycles. The number of nitrogens with zero attached hydrogens (tertiary/aromatic N) is 2. The van der Waals surface area contributed by atoms with E-state index in [1.807, 2.05) is 30.3 Å². The second-order valence-electron chi connectivity index (χ2n) is 6.49. The Morgan fingerprint density at radius 1 is 1.14 bits per heavy atom. The smallest absolute Gasteiger partial charge is 0.387 e. The van der Waals surface area contributed by atoms with Crippen molar-refractivity contribution >= 4 is 5.91 Å². The molecular weight excluding hydrogens is 366 g/mol. The van der Waals surface area contributed by atoms with E-state index >= 15 is 0 Å². The molecule has 2 heterocycles. The molecule has 0 radical (unpaired) electrons. The minimum Gasteiger partial charge on any atom is -0.445 e. The van der Waals surface area contributed by atoms with E-state index in [0.717, 1.165) is 11.3 Å². The lowest BCUT2D eigenvalue weighted by Crippen LogP contribution is -2.36. The molecule has 144 valence electrons. The molecule has 0 saturated heterocycles. The minimum atomic E-state index is -2.99. The molecule has 1 aliphatic rings. The molecule has 0 N–H and O–H groups in total. The topological polar surface area (TPSA) is 55.6 Å². The van der Waals surface area contributed by atoms with E-state index in [9.17, 15) is 13.6 Å². The lowest BCUT2D eigenvalue weighted by atomic mass is 10.1. The number of hydrogen-bond acceptors (Lipinski definition) is 4. The molecule has 2 aromatic carbocycles. The first-order valence-corrected chi connectivity index (χ1v) is 8.94. The van der Waals surface area contributed by atoms with Gasteiger partial charge in [-0.25, -0.2) is 4.98 Å². The molecule has 0 fully saturated rings. The fourth-order valence-corrected chi connectivity index (χ4v) is 3.28. The molecule has 1 amide bonds. The highest BCUT2D eigenvalue weighted by atomic mass is 19.3. The summed E-state index contributed by atoms with van der Waals surface area (Å²) in [5, 5.41) is 0. The Balaban J connectivity index is 1.51. The molecule has 7 heteroatoms. The summed E-state index contributed by atoms with van der Waals surface area (Å²) in [4.78, 5) is 19.0. The number of amides is 1. The number of rotatable bonds is 5. The van der Waals surface area contributed by atoms with Gasteiger partial charge in [-0.15, -0.1) is 0 Å². The van der Waals surface area contributed by atoms with Crippen LogP contribution in [0.5, 0.6) is 5.75 Å². The molecule has 0 unspecified atom stereocenters. The first kappa shape index (κ1) is 18.2. The van der Waals surface area contributed by atoms with Crippen molar-refractivity contribution in [2.75, 3.05) is 6.54 Å². The van der Waals surface area contributed by atoms with Crippen LogP contribution >= 0.6 is 0 Å². The Bertz CT molecular complexity index is 973. The van der Waals surface area contributed by atoms with Gasteiger partial charge in [-0.2, -0.15) is 8.78 Å². The van der Waals surface area contributed by atoms with Crippen molar-refractivity contribution in [2.45, 2.75) is 26.0 Å². The number of oxazole rings is 1. The van der Waals surface area contributed by atoms with Crippen molar-refractivity contribution < 1.29 is 22.7 Å². The van der Waals surface area contributed by atoms with Crippen molar-refractivity contribution in [3.05, 3.63) is 83.1 Å². The van der Waals surface area contributed by atoms with Crippen LogP contribution in [-0.4, -0.2) is 28.9 Å². The lowest BCUT2D eigenvalue weighted by molar-refractivity contribution is -0.0503. The third-order valence-electron chi connectivity index (χ3n) is 4.59. The first-order chi connectivity index (χ1) is 13.6. The average molecular weight is 384 g/mol. The zero-order chi connectivity index (χ0) is 19.5. The summed E-state index contributed by atoms with van der Waals surface area (Å²) >= 11 is 0. The molecule has 0 saturated carbocycles. The van der Waals surface area contributed by atoms with Gasteiger partial charge in [0.1, 0.15) is 17.2 Å².